The molecule has 0 amide bonds. The first-order chi connectivity index (χ1) is 17.0. The maximum Gasteiger partial charge on any atom is 0.174 e. The molecule has 1 saturated heterocycles. The Hall–Kier alpha value is -3.55. The van der Waals surface area contributed by atoms with Crippen LogP contribution in [0.4, 0.5) is 5.69 Å². The first-order valence-corrected chi connectivity index (χ1v) is 11.9. The highest BCUT2D eigenvalue weighted by molar-refractivity contribution is 7.80. The Morgan fingerprint density at radius 2 is 1.89 bits per heavy atom. The van der Waals surface area contributed by atoms with Crippen molar-refractivity contribution in [1.82, 2.24) is 10.3 Å². The van der Waals surface area contributed by atoms with Gasteiger partial charge in [0.2, 0.25) is 0 Å². The Morgan fingerprint density at radius 1 is 1.03 bits per heavy atom. The van der Waals surface area contributed by atoms with Crippen LogP contribution in [0.5, 0.6) is 11.5 Å². The number of nitrogens with zero attached hydrogens (tertiary/aromatic N) is 2. The van der Waals surface area contributed by atoms with E-state index in [4.69, 9.17) is 37.7 Å². The van der Waals surface area contributed by atoms with E-state index in [9.17, 15) is 0 Å². The van der Waals surface area contributed by atoms with Gasteiger partial charge in [-0.25, -0.2) is 0 Å². The number of anilines is 1. The molecule has 2 atom stereocenters. The fourth-order valence-corrected chi connectivity index (χ4v) is 4.82. The lowest BCUT2D eigenvalue weighted by Gasteiger charge is -2.27. The summed E-state index contributed by atoms with van der Waals surface area (Å²) in [6.45, 7) is 1.97. The molecule has 1 aliphatic rings. The molecule has 1 fully saturated rings. The third kappa shape index (κ3) is 4.33. The zero-order chi connectivity index (χ0) is 24.5. The smallest absolute Gasteiger partial charge is 0.174 e. The summed E-state index contributed by atoms with van der Waals surface area (Å²) in [5.74, 6) is 2.79. The minimum absolute atomic E-state index is 0.240. The topological polar surface area (TPSA) is 59.8 Å². The van der Waals surface area contributed by atoms with E-state index in [-0.39, 0.29) is 12.1 Å². The molecule has 8 heteroatoms. The predicted octanol–water partition coefficient (Wildman–Crippen LogP) is 6.50. The van der Waals surface area contributed by atoms with Crippen LogP contribution < -0.4 is 19.7 Å². The maximum atomic E-state index is 6.43. The van der Waals surface area contributed by atoms with Gasteiger partial charge in [-0.2, -0.15) is 0 Å². The Balaban J connectivity index is 1.62. The molecule has 5 rings (SSSR count). The van der Waals surface area contributed by atoms with Crippen molar-refractivity contribution in [2.24, 2.45) is 0 Å². The number of hydrogen-bond acceptors (Lipinski definition) is 5. The molecule has 6 nitrogen and oxygen atoms in total. The lowest BCUT2D eigenvalue weighted by atomic mass is 10.0. The molecule has 0 saturated carbocycles. The average molecular weight is 506 g/mol. The molecule has 0 radical (unpaired) electrons. The van der Waals surface area contributed by atoms with Crippen LogP contribution in [0.1, 0.15) is 29.1 Å². The Labute approximate surface area is 214 Å². The molecule has 2 aromatic heterocycles. The third-order valence-electron chi connectivity index (χ3n) is 6.12. The van der Waals surface area contributed by atoms with Crippen LogP contribution in [0.3, 0.4) is 0 Å². The first kappa shape index (κ1) is 23.2. The summed E-state index contributed by atoms with van der Waals surface area (Å²) < 4.78 is 17.5. The molecule has 1 aliphatic heterocycles. The molecular weight excluding hydrogens is 482 g/mol. The number of nitrogens with one attached hydrogen (secondary N) is 1. The summed E-state index contributed by atoms with van der Waals surface area (Å²) in [5.41, 5.74) is 3.57. The van der Waals surface area contributed by atoms with Gasteiger partial charge in [-0.1, -0.05) is 29.8 Å². The highest BCUT2D eigenvalue weighted by Gasteiger charge is 2.43. The number of rotatable bonds is 6. The number of hydrogen-bond donors (Lipinski definition) is 1. The second-order valence-electron chi connectivity index (χ2n) is 8.20. The van der Waals surface area contributed by atoms with Gasteiger partial charge in [-0.3, -0.25) is 4.98 Å². The van der Waals surface area contributed by atoms with E-state index < -0.39 is 0 Å². The quantitative estimate of drug-likeness (QED) is 0.300. The van der Waals surface area contributed by atoms with Crippen molar-refractivity contribution in [3.8, 4) is 22.8 Å². The zero-order valence-corrected chi connectivity index (χ0v) is 21.1. The number of benzene rings is 2. The second-order valence-corrected chi connectivity index (χ2v) is 8.99. The van der Waals surface area contributed by atoms with Gasteiger partial charge in [0.15, 0.2) is 5.11 Å². The van der Waals surface area contributed by atoms with E-state index in [1.54, 1.807) is 20.4 Å². The number of halogens is 1. The molecule has 2 unspecified atom stereocenters. The SMILES string of the molecule is COc1ccc(N2C(=S)NC(c3ccccn3)C2c2ccc(-c3ccc(C)c(Cl)c3)o2)c(OC)c1. The maximum absolute atomic E-state index is 6.43. The van der Waals surface area contributed by atoms with Crippen molar-refractivity contribution in [3.63, 3.8) is 0 Å². The van der Waals surface area contributed by atoms with Crippen molar-refractivity contribution in [1.29, 1.82) is 0 Å². The van der Waals surface area contributed by atoms with Crippen LogP contribution >= 0.6 is 23.8 Å². The van der Waals surface area contributed by atoms with Crippen LogP contribution in [-0.2, 0) is 0 Å². The summed E-state index contributed by atoms with van der Waals surface area (Å²) in [7, 11) is 3.25. The van der Waals surface area contributed by atoms with Gasteiger partial charge in [-0.15, -0.1) is 0 Å². The number of ether oxygens (including phenoxy) is 2. The molecule has 0 spiro atoms. The molecule has 1 N–H and O–H groups in total. The first-order valence-electron chi connectivity index (χ1n) is 11.1. The minimum Gasteiger partial charge on any atom is -0.497 e. The van der Waals surface area contributed by atoms with Gasteiger partial charge in [0, 0.05) is 22.8 Å². The molecule has 0 aliphatic carbocycles. The third-order valence-corrected chi connectivity index (χ3v) is 6.84. The van der Waals surface area contributed by atoms with Crippen LogP contribution in [0.2, 0.25) is 5.02 Å². The molecular formula is C27H24ClN3O3S. The molecule has 35 heavy (non-hydrogen) atoms. The minimum atomic E-state index is -0.311. The number of pyridine rings is 1. The van der Waals surface area contributed by atoms with E-state index in [0.717, 1.165) is 34.0 Å². The van der Waals surface area contributed by atoms with E-state index in [0.29, 0.717) is 21.6 Å². The highest BCUT2D eigenvalue weighted by atomic mass is 35.5. The van der Waals surface area contributed by atoms with Crippen LogP contribution in [0.15, 0.2) is 77.3 Å². The lowest BCUT2D eigenvalue weighted by Crippen LogP contribution is -2.29. The summed E-state index contributed by atoms with van der Waals surface area (Å²) in [6.07, 6.45) is 1.77. The van der Waals surface area contributed by atoms with Gasteiger partial charge in [0.1, 0.15) is 29.1 Å². The normalized spacial score (nSPS) is 17.4. The number of thiocarbonyl (C=S) groups is 1. The fraction of sp³-hybridized carbons (Fsp3) is 0.185. The largest absolute Gasteiger partial charge is 0.497 e. The highest BCUT2D eigenvalue weighted by Crippen LogP contribution is 2.46. The Bertz CT molecular complexity index is 1380. The fourth-order valence-electron chi connectivity index (χ4n) is 4.30. The number of aromatic nitrogens is 1. The van der Waals surface area contributed by atoms with E-state index in [1.807, 2.05) is 78.6 Å². The number of aryl methyl sites for hydroxylation is 1. The van der Waals surface area contributed by atoms with Gasteiger partial charge in [0.05, 0.1) is 31.6 Å². The van der Waals surface area contributed by atoms with Crippen molar-refractivity contribution >= 4 is 34.6 Å². The molecule has 178 valence electrons. The van der Waals surface area contributed by atoms with Crippen molar-refractivity contribution in [2.75, 3.05) is 19.1 Å². The van der Waals surface area contributed by atoms with E-state index in [1.165, 1.54) is 0 Å². The number of furan rings is 1. The lowest BCUT2D eigenvalue weighted by molar-refractivity contribution is 0.392. The monoisotopic (exact) mass is 505 g/mol. The van der Waals surface area contributed by atoms with Gasteiger partial charge >= 0.3 is 0 Å². The molecule has 0 bridgehead atoms. The summed E-state index contributed by atoms with van der Waals surface area (Å²) in [4.78, 5) is 6.61. The summed E-state index contributed by atoms with van der Waals surface area (Å²) in [6, 6.07) is 20.8. The zero-order valence-electron chi connectivity index (χ0n) is 19.5. The predicted molar refractivity (Wildman–Crippen MR) is 141 cm³/mol. The van der Waals surface area contributed by atoms with Crippen molar-refractivity contribution < 1.29 is 13.9 Å². The van der Waals surface area contributed by atoms with Crippen molar-refractivity contribution in [3.05, 3.63) is 95.0 Å². The Kier molecular flexibility index (Phi) is 6.36. The van der Waals surface area contributed by atoms with Crippen LogP contribution in [0.25, 0.3) is 11.3 Å². The number of methoxy groups -OCH3 is 2. The van der Waals surface area contributed by atoms with E-state index >= 15 is 0 Å². The summed E-state index contributed by atoms with van der Waals surface area (Å²) >= 11 is 12.2. The van der Waals surface area contributed by atoms with Gasteiger partial charge < -0.3 is 24.1 Å². The van der Waals surface area contributed by atoms with Crippen LogP contribution in [0, 0.1) is 6.92 Å². The van der Waals surface area contributed by atoms with Crippen LogP contribution in [-0.4, -0.2) is 24.3 Å². The van der Waals surface area contributed by atoms with Gasteiger partial charge in [0.25, 0.3) is 0 Å². The molecule has 4 aromatic rings. The van der Waals surface area contributed by atoms with Gasteiger partial charge in [-0.05, 0) is 67.2 Å². The molecule has 3 heterocycles. The average Bonchev–Trinajstić information content (AvgIpc) is 3.50. The summed E-state index contributed by atoms with van der Waals surface area (Å²) in [5, 5.41) is 4.68. The molecule has 2 aromatic carbocycles. The van der Waals surface area contributed by atoms with E-state index in [2.05, 4.69) is 10.3 Å². The standard InChI is InChI=1S/C27H24ClN3O3S/c1-16-7-8-17(14-19(16)28)22-11-12-23(34-22)26-25(20-6-4-5-13-29-20)30-27(35)31(26)21-10-9-18(32-2)15-24(21)33-3/h4-15,25-26H,1-3H3,(H,30,35). The Morgan fingerprint density at radius 3 is 2.60 bits per heavy atom. The second kappa shape index (κ2) is 9.60. The van der Waals surface area contributed by atoms with Crippen molar-refractivity contribution in [2.45, 2.75) is 19.0 Å².